The molecule has 1 aromatic rings. The summed E-state index contributed by atoms with van der Waals surface area (Å²) in [7, 11) is 0. The number of hydrogen-bond donors (Lipinski definition) is 1. The number of aryl methyl sites for hydroxylation is 1. The van der Waals surface area contributed by atoms with Crippen LogP contribution in [0.25, 0.3) is 0 Å². The lowest BCUT2D eigenvalue weighted by Crippen LogP contribution is -2.48. The highest BCUT2D eigenvalue weighted by molar-refractivity contribution is 6.31. The third-order valence-electron chi connectivity index (χ3n) is 4.85. The first kappa shape index (κ1) is 15.8. The number of amides is 1. The summed E-state index contributed by atoms with van der Waals surface area (Å²) in [5, 5.41) is 10.8. The Kier molecular flexibility index (Phi) is 4.71. The Morgan fingerprint density at radius 3 is 3.00 bits per heavy atom. The fourth-order valence-corrected chi connectivity index (χ4v) is 3.76. The maximum atomic E-state index is 12.9. The molecule has 0 saturated carbocycles. The lowest BCUT2D eigenvalue weighted by atomic mass is 9.89. The summed E-state index contributed by atoms with van der Waals surface area (Å²) in [6, 6.07) is 5.47. The molecule has 2 aliphatic heterocycles. The summed E-state index contributed by atoms with van der Waals surface area (Å²) < 4.78 is 5.52. The van der Waals surface area contributed by atoms with Gasteiger partial charge in [0, 0.05) is 35.7 Å². The summed E-state index contributed by atoms with van der Waals surface area (Å²) in [6.45, 7) is 3.79. The van der Waals surface area contributed by atoms with Gasteiger partial charge in [-0.25, -0.2) is 0 Å². The zero-order valence-electron chi connectivity index (χ0n) is 12.8. The van der Waals surface area contributed by atoms with Gasteiger partial charge in [-0.2, -0.15) is 0 Å². The molecule has 3 atom stereocenters. The van der Waals surface area contributed by atoms with Crippen molar-refractivity contribution in [1.29, 1.82) is 0 Å². The SMILES string of the molecule is Cc1ccc(Cl)cc1C(=O)N1CCCC1C1COCCC1O. The minimum atomic E-state index is -0.382. The van der Waals surface area contributed by atoms with E-state index in [1.165, 1.54) is 0 Å². The molecule has 2 fully saturated rings. The van der Waals surface area contributed by atoms with E-state index < -0.39 is 0 Å². The molecular formula is C17H22ClNO3. The van der Waals surface area contributed by atoms with Crippen LogP contribution < -0.4 is 0 Å². The number of carbonyl (C=O) groups excluding carboxylic acids is 1. The van der Waals surface area contributed by atoms with Crippen molar-refractivity contribution in [2.45, 2.75) is 38.3 Å². The van der Waals surface area contributed by atoms with Crippen LogP contribution in [-0.2, 0) is 4.74 Å². The summed E-state index contributed by atoms with van der Waals surface area (Å²) >= 11 is 6.05. The zero-order valence-corrected chi connectivity index (χ0v) is 13.6. The largest absolute Gasteiger partial charge is 0.393 e. The molecule has 2 aliphatic rings. The van der Waals surface area contributed by atoms with Gasteiger partial charge >= 0.3 is 0 Å². The molecule has 0 radical (unpaired) electrons. The van der Waals surface area contributed by atoms with Crippen molar-refractivity contribution in [1.82, 2.24) is 4.90 Å². The molecule has 4 nitrogen and oxygen atoms in total. The number of halogens is 1. The van der Waals surface area contributed by atoms with E-state index in [1.54, 1.807) is 12.1 Å². The second-order valence-corrected chi connectivity index (χ2v) is 6.70. The number of likely N-dealkylation sites (tertiary alicyclic amines) is 1. The molecule has 3 unspecified atom stereocenters. The molecule has 1 aromatic carbocycles. The fourth-order valence-electron chi connectivity index (χ4n) is 3.59. The number of nitrogens with zero attached hydrogens (tertiary/aromatic N) is 1. The molecule has 22 heavy (non-hydrogen) atoms. The van der Waals surface area contributed by atoms with Crippen LogP contribution in [0.5, 0.6) is 0 Å². The first-order valence-electron chi connectivity index (χ1n) is 7.91. The van der Waals surface area contributed by atoms with Gasteiger partial charge in [0.05, 0.1) is 12.7 Å². The summed E-state index contributed by atoms with van der Waals surface area (Å²) in [4.78, 5) is 14.8. The highest BCUT2D eigenvalue weighted by Gasteiger charge is 2.40. The van der Waals surface area contributed by atoms with Crippen molar-refractivity contribution in [3.05, 3.63) is 34.3 Å². The van der Waals surface area contributed by atoms with Gasteiger partial charge in [-0.15, -0.1) is 0 Å². The van der Waals surface area contributed by atoms with Crippen LogP contribution in [0.2, 0.25) is 5.02 Å². The minimum Gasteiger partial charge on any atom is -0.393 e. The highest BCUT2D eigenvalue weighted by atomic mass is 35.5. The van der Waals surface area contributed by atoms with E-state index in [0.717, 1.165) is 24.9 Å². The van der Waals surface area contributed by atoms with Crippen LogP contribution >= 0.6 is 11.6 Å². The first-order valence-corrected chi connectivity index (χ1v) is 8.28. The first-order chi connectivity index (χ1) is 10.6. The lowest BCUT2D eigenvalue weighted by molar-refractivity contribution is -0.0589. The molecule has 3 rings (SSSR count). The number of carbonyl (C=O) groups is 1. The van der Waals surface area contributed by atoms with Gasteiger partial charge in [-0.1, -0.05) is 17.7 Å². The lowest BCUT2D eigenvalue weighted by Gasteiger charge is -2.37. The van der Waals surface area contributed by atoms with E-state index in [-0.39, 0.29) is 24.0 Å². The molecule has 1 amide bonds. The van der Waals surface area contributed by atoms with E-state index in [2.05, 4.69) is 0 Å². The van der Waals surface area contributed by atoms with Gasteiger partial charge in [0.15, 0.2) is 0 Å². The van der Waals surface area contributed by atoms with Gasteiger partial charge in [0.25, 0.3) is 5.91 Å². The summed E-state index contributed by atoms with van der Waals surface area (Å²) in [5.74, 6) is 0.0277. The van der Waals surface area contributed by atoms with E-state index in [1.807, 2.05) is 17.9 Å². The highest BCUT2D eigenvalue weighted by Crippen LogP contribution is 2.31. The molecule has 5 heteroatoms. The van der Waals surface area contributed by atoms with Crippen molar-refractivity contribution in [2.75, 3.05) is 19.8 Å². The van der Waals surface area contributed by atoms with Gasteiger partial charge in [-0.3, -0.25) is 4.79 Å². The Hall–Kier alpha value is -1.10. The Morgan fingerprint density at radius 2 is 2.23 bits per heavy atom. The molecule has 0 aliphatic carbocycles. The molecule has 2 heterocycles. The molecular weight excluding hydrogens is 302 g/mol. The second-order valence-electron chi connectivity index (χ2n) is 6.26. The topological polar surface area (TPSA) is 49.8 Å². The Morgan fingerprint density at radius 1 is 1.41 bits per heavy atom. The van der Waals surface area contributed by atoms with Gasteiger partial charge in [0.1, 0.15) is 0 Å². The van der Waals surface area contributed by atoms with E-state index in [4.69, 9.17) is 16.3 Å². The Balaban J connectivity index is 1.83. The third kappa shape index (κ3) is 3.00. The molecule has 0 spiro atoms. The fraction of sp³-hybridized carbons (Fsp3) is 0.588. The van der Waals surface area contributed by atoms with Crippen molar-refractivity contribution >= 4 is 17.5 Å². The Bertz CT molecular complexity index is 563. The third-order valence-corrected chi connectivity index (χ3v) is 5.08. The van der Waals surface area contributed by atoms with Crippen LogP contribution in [-0.4, -0.2) is 47.8 Å². The van der Waals surface area contributed by atoms with Crippen LogP contribution in [0.15, 0.2) is 18.2 Å². The van der Waals surface area contributed by atoms with Crippen molar-refractivity contribution in [3.63, 3.8) is 0 Å². The number of rotatable bonds is 2. The van der Waals surface area contributed by atoms with Crippen molar-refractivity contribution in [3.8, 4) is 0 Å². The maximum absolute atomic E-state index is 12.9. The molecule has 2 saturated heterocycles. The number of ether oxygens (including phenoxy) is 1. The van der Waals surface area contributed by atoms with Crippen LogP contribution in [0.4, 0.5) is 0 Å². The van der Waals surface area contributed by atoms with Gasteiger partial charge < -0.3 is 14.7 Å². The zero-order chi connectivity index (χ0) is 15.7. The number of benzene rings is 1. The quantitative estimate of drug-likeness (QED) is 0.910. The number of aliphatic hydroxyl groups excluding tert-OH is 1. The summed E-state index contributed by atoms with van der Waals surface area (Å²) in [5.41, 5.74) is 1.59. The van der Waals surface area contributed by atoms with E-state index >= 15 is 0 Å². The molecule has 1 N–H and O–H groups in total. The van der Waals surface area contributed by atoms with Crippen LogP contribution in [0.3, 0.4) is 0 Å². The smallest absolute Gasteiger partial charge is 0.254 e. The van der Waals surface area contributed by atoms with Gasteiger partial charge in [0.2, 0.25) is 0 Å². The summed E-state index contributed by atoms with van der Waals surface area (Å²) in [6.07, 6.45) is 2.17. The average Bonchev–Trinajstić information content (AvgIpc) is 2.99. The molecule has 120 valence electrons. The van der Waals surface area contributed by atoms with Crippen LogP contribution in [0.1, 0.15) is 35.2 Å². The normalized spacial score (nSPS) is 28.9. The monoisotopic (exact) mass is 323 g/mol. The van der Waals surface area contributed by atoms with E-state index in [9.17, 15) is 9.90 Å². The molecule has 0 aromatic heterocycles. The second kappa shape index (κ2) is 6.57. The Labute approximate surface area is 136 Å². The predicted molar refractivity (Wildman–Crippen MR) is 85.2 cm³/mol. The minimum absolute atomic E-state index is 0.0136. The predicted octanol–water partition coefficient (Wildman–Crippen LogP) is 2.65. The van der Waals surface area contributed by atoms with Crippen molar-refractivity contribution in [2.24, 2.45) is 5.92 Å². The van der Waals surface area contributed by atoms with E-state index in [0.29, 0.717) is 30.2 Å². The standard InChI is InChI=1S/C17H22ClNO3/c1-11-4-5-12(18)9-13(11)17(21)19-7-2-3-15(19)14-10-22-8-6-16(14)20/h4-5,9,14-16,20H,2-3,6-8,10H2,1H3. The van der Waals surface area contributed by atoms with Gasteiger partial charge in [-0.05, 0) is 43.9 Å². The van der Waals surface area contributed by atoms with Crippen molar-refractivity contribution < 1.29 is 14.6 Å². The maximum Gasteiger partial charge on any atom is 0.254 e. The average molecular weight is 324 g/mol. The van der Waals surface area contributed by atoms with Crippen LogP contribution in [0, 0.1) is 12.8 Å². The number of aliphatic hydroxyl groups is 1. The number of hydrogen-bond acceptors (Lipinski definition) is 3. The molecule has 0 bridgehead atoms.